The highest BCUT2D eigenvalue weighted by molar-refractivity contribution is 5.71. The monoisotopic (exact) mass is 789 g/mol. The van der Waals surface area contributed by atoms with Gasteiger partial charge in [0.05, 0.1) is 0 Å². The zero-order chi connectivity index (χ0) is 40.8. The van der Waals surface area contributed by atoms with Crippen molar-refractivity contribution in [2.45, 2.75) is 264 Å². The summed E-state index contributed by atoms with van der Waals surface area (Å²) in [6, 6.07) is 0. The Morgan fingerprint density at radius 3 is 1.00 bits per heavy atom. The summed E-state index contributed by atoms with van der Waals surface area (Å²) in [5.74, 6) is -0.887. The molecule has 0 aliphatic carbocycles. The van der Waals surface area contributed by atoms with Crippen LogP contribution in [0.2, 0.25) is 0 Å². The van der Waals surface area contributed by atoms with E-state index in [0.29, 0.717) is 19.3 Å². The Morgan fingerprint density at radius 2 is 0.643 bits per heavy atom. The lowest BCUT2D eigenvalue weighted by Crippen LogP contribution is -2.30. The lowest BCUT2D eigenvalue weighted by Gasteiger charge is -2.18. The van der Waals surface area contributed by atoms with Gasteiger partial charge < -0.3 is 14.2 Å². The Hall–Kier alpha value is -2.11. The molecule has 0 spiro atoms. The third-order valence-electron chi connectivity index (χ3n) is 10.7. The molecule has 0 aromatic rings. The molecule has 0 saturated heterocycles. The number of carbonyl (C=O) groups is 3. The van der Waals surface area contributed by atoms with Gasteiger partial charge in [-0.25, -0.2) is 0 Å². The summed E-state index contributed by atoms with van der Waals surface area (Å²) in [6.07, 6.45) is 50.4. The summed E-state index contributed by atoms with van der Waals surface area (Å²) < 4.78 is 16.7. The predicted molar refractivity (Wildman–Crippen MR) is 238 cm³/mol. The highest BCUT2D eigenvalue weighted by Gasteiger charge is 2.19. The van der Waals surface area contributed by atoms with E-state index in [-0.39, 0.29) is 31.1 Å². The number of ether oxygens (including phenoxy) is 3. The highest BCUT2D eigenvalue weighted by atomic mass is 16.6. The van der Waals surface area contributed by atoms with E-state index in [1.807, 2.05) is 0 Å². The van der Waals surface area contributed by atoms with Crippen molar-refractivity contribution in [1.82, 2.24) is 0 Å². The fourth-order valence-corrected chi connectivity index (χ4v) is 7.00. The molecule has 0 saturated carbocycles. The molecule has 0 amide bonds. The van der Waals surface area contributed by atoms with E-state index in [2.05, 4.69) is 45.1 Å². The van der Waals surface area contributed by atoms with E-state index in [1.54, 1.807) is 0 Å². The van der Waals surface area contributed by atoms with Crippen molar-refractivity contribution in [3.8, 4) is 0 Å². The Labute approximate surface area is 347 Å². The van der Waals surface area contributed by atoms with Gasteiger partial charge in [0.1, 0.15) is 13.2 Å². The van der Waals surface area contributed by atoms with Gasteiger partial charge in [0.2, 0.25) is 0 Å². The zero-order valence-corrected chi connectivity index (χ0v) is 37.4. The molecule has 1 atom stereocenters. The second-order valence-corrected chi connectivity index (χ2v) is 16.4. The fourth-order valence-electron chi connectivity index (χ4n) is 7.00. The fraction of sp³-hybridized carbons (Fsp3) is 0.860. The quantitative estimate of drug-likeness (QED) is 0.0265. The maximum Gasteiger partial charge on any atom is 0.306 e. The molecule has 0 aromatic carbocycles. The molecule has 0 bridgehead atoms. The van der Waals surface area contributed by atoms with Crippen molar-refractivity contribution in [3.63, 3.8) is 0 Å². The highest BCUT2D eigenvalue weighted by Crippen LogP contribution is 2.15. The van der Waals surface area contributed by atoms with Crippen LogP contribution in [0.4, 0.5) is 0 Å². The van der Waals surface area contributed by atoms with Crippen LogP contribution >= 0.6 is 0 Å². The smallest absolute Gasteiger partial charge is 0.306 e. The number of rotatable bonds is 44. The number of esters is 3. The third-order valence-corrected chi connectivity index (χ3v) is 10.7. The van der Waals surface area contributed by atoms with Crippen LogP contribution < -0.4 is 0 Å². The predicted octanol–water partition coefficient (Wildman–Crippen LogP) is 15.6. The molecule has 0 aromatic heterocycles. The van der Waals surface area contributed by atoms with Crippen LogP contribution in [-0.2, 0) is 28.6 Å². The van der Waals surface area contributed by atoms with Gasteiger partial charge in [-0.1, -0.05) is 212 Å². The van der Waals surface area contributed by atoms with Crippen LogP contribution in [0.25, 0.3) is 0 Å². The lowest BCUT2D eigenvalue weighted by molar-refractivity contribution is -0.167. The molecule has 0 heterocycles. The minimum Gasteiger partial charge on any atom is -0.462 e. The van der Waals surface area contributed by atoms with Gasteiger partial charge in [0.25, 0.3) is 0 Å². The third kappa shape index (κ3) is 43.0. The van der Waals surface area contributed by atoms with Gasteiger partial charge >= 0.3 is 17.9 Å². The zero-order valence-electron chi connectivity index (χ0n) is 37.4. The van der Waals surface area contributed by atoms with Crippen molar-refractivity contribution in [2.24, 2.45) is 0 Å². The maximum atomic E-state index is 12.7. The molecule has 0 aliphatic rings. The Kier molecular flexibility index (Phi) is 43.9. The van der Waals surface area contributed by atoms with Gasteiger partial charge in [-0.2, -0.15) is 0 Å². The first kappa shape index (κ1) is 53.9. The molecule has 0 fully saturated rings. The summed E-state index contributed by atoms with van der Waals surface area (Å²) in [5, 5.41) is 0. The molecule has 328 valence electrons. The first-order valence-corrected chi connectivity index (χ1v) is 24.3. The number of carbonyl (C=O) groups excluding carboxylic acids is 3. The second-order valence-electron chi connectivity index (χ2n) is 16.4. The summed E-state index contributed by atoms with van der Waals surface area (Å²) in [4.78, 5) is 37.6. The molecule has 0 N–H and O–H groups in total. The molecule has 6 nitrogen and oxygen atoms in total. The van der Waals surface area contributed by atoms with Crippen LogP contribution in [0, 0.1) is 0 Å². The molecule has 6 heteroatoms. The normalized spacial score (nSPS) is 12.1. The van der Waals surface area contributed by atoms with Gasteiger partial charge in [0, 0.05) is 19.3 Å². The number of hydrogen-bond acceptors (Lipinski definition) is 6. The summed E-state index contributed by atoms with van der Waals surface area (Å²) in [6.45, 7) is 6.57. The van der Waals surface area contributed by atoms with E-state index >= 15 is 0 Å². The average Bonchev–Trinajstić information content (AvgIpc) is 3.19. The Bertz CT molecular complexity index is 911. The average molecular weight is 789 g/mol. The first-order valence-electron chi connectivity index (χ1n) is 24.3. The van der Waals surface area contributed by atoms with Crippen LogP contribution in [0.5, 0.6) is 0 Å². The second kappa shape index (κ2) is 45.6. The summed E-state index contributed by atoms with van der Waals surface area (Å²) in [5.41, 5.74) is 0. The first-order chi connectivity index (χ1) is 27.5. The number of unbranched alkanes of at least 4 members (excludes halogenated alkanes) is 29. The Morgan fingerprint density at radius 1 is 0.357 bits per heavy atom. The van der Waals surface area contributed by atoms with Crippen molar-refractivity contribution in [3.05, 3.63) is 24.3 Å². The van der Waals surface area contributed by atoms with Gasteiger partial charge in [-0.3, -0.25) is 14.4 Å². The van der Waals surface area contributed by atoms with Crippen LogP contribution in [0.3, 0.4) is 0 Å². The SMILES string of the molecule is CCCCCC/C=C\C/C=C\CCCCCCCC(=O)OCC(COC(=O)CCCCCCCC)OC(=O)CCCCCCCCCCCCCCCCCC. The topological polar surface area (TPSA) is 78.9 Å². The lowest BCUT2D eigenvalue weighted by atomic mass is 10.0. The van der Waals surface area contributed by atoms with Gasteiger partial charge in [0.15, 0.2) is 6.10 Å². The molecule has 0 radical (unpaired) electrons. The van der Waals surface area contributed by atoms with Crippen molar-refractivity contribution < 1.29 is 28.6 Å². The molecular formula is C50H92O6. The Balaban J connectivity index is 4.23. The summed E-state index contributed by atoms with van der Waals surface area (Å²) >= 11 is 0. The van der Waals surface area contributed by atoms with Crippen LogP contribution in [0.15, 0.2) is 24.3 Å². The largest absolute Gasteiger partial charge is 0.462 e. The minimum atomic E-state index is -0.768. The molecule has 0 rings (SSSR count). The van der Waals surface area contributed by atoms with E-state index in [4.69, 9.17) is 14.2 Å². The van der Waals surface area contributed by atoms with Gasteiger partial charge in [-0.15, -0.1) is 0 Å². The van der Waals surface area contributed by atoms with Crippen molar-refractivity contribution in [1.29, 1.82) is 0 Å². The number of allylic oxidation sites excluding steroid dienone is 4. The van der Waals surface area contributed by atoms with E-state index < -0.39 is 6.10 Å². The summed E-state index contributed by atoms with van der Waals surface area (Å²) in [7, 11) is 0. The maximum absolute atomic E-state index is 12.7. The minimum absolute atomic E-state index is 0.0730. The van der Waals surface area contributed by atoms with Gasteiger partial charge in [-0.05, 0) is 51.4 Å². The molecule has 0 aliphatic heterocycles. The van der Waals surface area contributed by atoms with Crippen LogP contribution in [-0.4, -0.2) is 37.2 Å². The van der Waals surface area contributed by atoms with E-state index in [9.17, 15) is 14.4 Å². The van der Waals surface area contributed by atoms with E-state index in [1.165, 1.54) is 141 Å². The van der Waals surface area contributed by atoms with Crippen LogP contribution in [0.1, 0.15) is 258 Å². The van der Waals surface area contributed by atoms with E-state index in [0.717, 1.165) is 77.0 Å². The molecular weight excluding hydrogens is 697 g/mol. The molecule has 56 heavy (non-hydrogen) atoms. The standard InChI is InChI=1S/C50H92O6/c1-4-7-10-13-16-18-20-22-24-26-28-30-32-34-37-40-43-49(52)55-46-47(45-54-48(51)42-39-36-15-12-9-6-3)56-50(53)44-41-38-35-33-31-29-27-25-23-21-19-17-14-11-8-5-2/h18,20,24,26,47H,4-17,19,21-23,25,27-46H2,1-3H3/b20-18-,26-24-. The van der Waals surface area contributed by atoms with Crippen molar-refractivity contribution in [2.75, 3.05) is 13.2 Å². The molecule has 1 unspecified atom stereocenters. The number of hydrogen-bond donors (Lipinski definition) is 0. The van der Waals surface area contributed by atoms with Crippen molar-refractivity contribution >= 4 is 17.9 Å².